The third kappa shape index (κ3) is 2.19. The van der Waals surface area contributed by atoms with Crippen LogP contribution in [0, 0.1) is 25.2 Å². The number of aryl methyl sites for hydroxylation is 1. The maximum Gasteiger partial charge on any atom is 0.191 e. The van der Waals surface area contributed by atoms with E-state index in [0.717, 1.165) is 22.5 Å². The van der Waals surface area contributed by atoms with Crippen LogP contribution in [0.5, 0.6) is 0 Å². The van der Waals surface area contributed by atoms with Gasteiger partial charge in [-0.15, -0.1) is 5.10 Å². The van der Waals surface area contributed by atoms with Gasteiger partial charge in [-0.3, -0.25) is 0 Å². The van der Waals surface area contributed by atoms with Crippen LogP contribution in [0.2, 0.25) is 0 Å². The molecule has 0 bridgehead atoms. The van der Waals surface area contributed by atoms with E-state index in [2.05, 4.69) is 29.4 Å². The third-order valence-corrected chi connectivity index (χ3v) is 3.63. The van der Waals surface area contributed by atoms with Gasteiger partial charge in [-0.25, -0.2) is 4.68 Å². The van der Waals surface area contributed by atoms with Crippen LogP contribution >= 0.6 is 0 Å². The maximum atomic E-state index is 9.30. The first-order valence-corrected chi connectivity index (χ1v) is 6.70. The second-order valence-corrected chi connectivity index (χ2v) is 4.90. The van der Waals surface area contributed by atoms with Gasteiger partial charge in [-0.1, -0.05) is 47.7 Å². The van der Waals surface area contributed by atoms with Gasteiger partial charge in [-0.2, -0.15) is 5.26 Å². The average molecular weight is 274 g/mol. The number of benzene rings is 2. The highest BCUT2D eigenvalue weighted by molar-refractivity contribution is 5.67. The van der Waals surface area contributed by atoms with Gasteiger partial charge in [0.05, 0.1) is 5.69 Å². The minimum atomic E-state index is 0.335. The minimum Gasteiger partial charge on any atom is -0.211 e. The van der Waals surface area contributed by atoms with E-state index in [1.807, 2.05) is 49.4 Å². The molecule has 0 aliphatic heterocycles. The van der Waals surface area contributed by atoms with Crippen molar-refractivity contribution in [3.8, 4) is 23.0 Å². The monoisotopic (exact) mass is 274 g/mol. The number of nitriles is 1. The highest BCUT2D eigenvalue weighted by atomic mass is 15.4. The number of nitrogens with zero attached hydrogens (tertiary/aromatic N) is 4. The molecule has 0 N–H and O–H groups in total. The molecule has 0 saturated carbocycles. The summed E-state index contributed by atoms with van der Waals surface area (Å²) in [6.45, 7) is 4.11. The molecule has 21 heavy (non-hydrogen) atoms. The van der Waals surface area contributed by atoms with E-state index >= 15 is 0 Å². The van der Waals surface area contributed by atoms with Crippen LogP contribution in [-0.4, -0.2) is 15.0 Å². The largest absolute Gasteiger partial charge is 0.211 e. The van der Waals surface area contributed by atoms with Gasteiger partial charge in [0.2, 0.25) is 0 Å². The summed E-state index contributed by atoms with van der Waals surface area (Å²) in [5.74, 6) is 0. The van der Waals surface area contributed by atoms with Gasteiger partial charge in [0, 0.05) is 5.56 Å². The molecular formula is C17H14N4. The summed E-state index contributed by atoms with van der Waals surface area (Å²) in [4.78, 5) is 0. The average Bonchev–Trinajstić information content (AvgIpc) is 2.94. The zero-order chi connectivity index (χ0) is 14.8. The van der Waals surface area contributed by atoms with Crippen molar-refractivity contribution in [3.05, 3.63) is 65.4 Å². The Morgan fingerprint density at radius 3 is 2.48 bits per heavy atom. The first kappa shape index (κ1) is 13.1. The Morgan fingerprint density at radius 2 is 1.76 bits per heavy atom. The van der Waals surface area contributed by atoms with Crippen molar-refractivity contribution in [1.29, 1.82) is 5.26 Å². The molecule has 0 saturated heterocycles. The van der Waals surface area contributed by atoms with Gasteiger partial charge < -0.3 is 0 Å². The van der Waals surface area contributed by atoms with Crippen LogP contribution in [0.3, 0.4) is 0 Å². The molecule has 0 aliphatic carbocycles. The Balaban J connectivity index is 2.29. The molecule has 0 fully saturated rings. The van der Waals surface area contributed by atoms with Crippen LogP contribution in [0.1, 0.15) is 16.8 Å². The van der Waals surface area contributed by atoms with E-state index in [1.165, 1.54) is 5.56 Å². The van der Waals surface area contributed by atoms with Crippen molar-refractivity contribution in [2.45, 2.75) is 13.8 Å². The van der Waals surface area contributed by atoms with Crippen molar-refractivity contribution in [2.75, 3.05) is 0 Å². The number of rotatable bonds is 2. The molecule has 4 nitrogen and oxygen atoms in total. The zero-order valence-electron chi connectivity index (χ0n) is 11.9. The van der Waals surface area contributed by atoms with Gasteiger partial charge in [0.15, 0.2) is 5.69 Å². The first-order valence-electron chi connectivity index (χ1n) is 6.70. The summed E-state index contributed by atoms with van der Waals surface area (Å²) < 4.78 is 1.75. The molecule has 0 amide bonds. The van der Waals surface area contributed by atoms with Gasteiger partial charge >= 0.3 is 0 Å². The lowest BCUT2D eigenvalue weighted by molar-refractivity contribution is 0.801. The standard InChI is InChI=1S/C17H14N4/c1-12-7-6-10-16(13(12)2)21-17(15(11-18)19-20-21)14-8-4-3-5-9-14/h3-10H,1-2H3. The summed E-state index contributed by atoms with van der Waals surface area (Å²) >= 11 is 0. The van der Waals surface area contributed by atoms with Crippen molar-refractivity contribution in [3.63, 3.8) is 0 Å². The molecule has 0 unspecified atom stereocenters. The van der Waals surface area contributed by atoms with E-state index in [4.69, 9.17) is 0 Å². The number of hydrogen-bond acceptors (Lipinski definition) is 3. The van der Waals surface area contributed by atoms with E-state index < -0.39 is 0 Å². The maximum absolute atomic E-state index is 9.30. The number of aromatic nitrogens is 3. The summed E-state index contributed by atoms with van der Waals surface area (Å²) in [7, 11) is 0. The highest BCUT2D eigenvalue weighted by Crippen LogP contribution is 2.26. The van der Waals surface area contributed by atoms with Gasteiger partial charge in [0.25, 0.3) is 0 Å². The Hall–Kier alpha value is -2.93. The normalized spacial score (nSPS) is 10.3. The second-order valence-electron chi connectivity index (χ2n) is 4.90. The van der Waals surface area contributed by atoms with E-state index in [0.29, 0.717) is 5.69 Å². The van der Waals surface area contributed by atoms with E-state index in [-0.39, 0.29) is 0 Å². The van der Waals surface area contributed by atoms with Crippen LogP contribution in [0.4, 0.5) is 0 Å². The Bertz CT molecular complexity index is 826. The van der Waals surface area contributed by atoms with Crippen LogP contribution in [0.15, 0.2) is 48.5 Å². The van der Waals surface area contributed by atoms with Crippen LogP contribution < -0.4 is 0 Å². The summed E-state index contributed by atoms with van der Waals surface area (Å²) in [5, 5.41) is 17.5. The molecule has 0 spiro atoms. The van der Waals surface area contributed by atoms with Crippen molar-refractivity contribution in [2.24, 2.45) is 0 Å². The Kier molecular flexibility index (Phi) is 3.25. The SMILES string of the molecule is Cc1cccc(-n2nnc(C#N)c2-c2ccccc2)c1C. The molecular weight excluding hydrogens is 260 g/mol. The van der Waals surface area contributed by atoms with Crippen molar-refractivity contribution in [1.82, 2.24) is 15.0 Å². The lowest BCUT2D eigenvalue weighted by Gasteiger charge is -2.11. The molecule has 3 rings (SSSR count). The third-order valence-electron chi connectivity index (χ3n) is 3.63. The molecule has 0 atom stereocenters. The fourth-order valence-corrected chi connectivity index (χ4v) is 2.35. The van der Waals surface area contributed by atoms with Gasteiger partial charge in [-0.05, 0) is 31.0 Å². The molecule has 4 heteroatoms. The Labute approximate surface area is 123 Å². The molecule has 2 aromatic carbocycles. The predicted octanol–water partition coefficient (Wildman–Crippen LogP) is 3.42. The lowest BCUT2D eigenvalue weighted by Crippen LogP contribution is -2.03. The van der Waals surface area contributed by atoms with Crippen molar-refractivity contribution >= 4 is 0 Å². The van der Waals surface area contributed by atoms with Crippen LogP contribution in [-0.2, 0) is 0 Å². The summed E-state index contributed by atoms with van der Waals surface area (Å²) in [6.07, 6.45) is 0. The summed E-state index contributed by atoms with van der Waals surface area (Å²) in [6, 6.07) is 17.9. The summed E-state index contributed by atoms with van der Waals surface area (Å²) in [5.41, 5.74) is 5.25. The highest BCUT2D eigenvalue weighted by Gasteiger charge is 2.17. The molecule has 3 aromatic rings. The van der Waals surface area contributed by atoms with Crippen LogP contribution in [0.25, 0.3) is 16.9 Å². The second kappa shape index (κ2) is 5.22. The topological polar surface area (TPSA) is 54.5 Å². The number of hydrogen-bond donors (Lipinski definition) is 0. The quantitative estimate of drug-likeness (QED) is 0.719. The molecule has 1 aromatic heterocycles. The Morgan fingerprint density at radius 1 is 1.00 bits per heavy atom. The molecule has 102 valence electrons. The van der Waals surface area contributed by atoms with Gasteiger partial charge in [0.1, 0.15) is 11.8 Å². The predicted molar refractivity (Wildman–Crippen MR) is 81.0 cm³/mol. The smallest absolute Gasteiger partial charge is 0.191 e. The fraction of sp³-hybridized carbons (Fsp3) is 0.118. The van der Waals surface area contributed by atoms with Crippen molar-refractivity contribution < 1.29 is 0 Å². The minimum absolute atomic E-state index is 0.335. The van der Waals surface area contributed by atoms with E-state index in [9.17, 15) is 5.26 Å². The fourth-order valence-electron chi connectivity index (χ4n) is 2.35. The lowest BCUT2D eigenvalue weighted by atomic mass is 10.1. The molecule has 0 aliphatic rings. The molecule has 1 heterocycles. The van der Waals surface area contributed by atoms with E-state index in [1.54, 1.807) is 4.68 Å². The first-order chi connectivity index (χ1) is 10.2. The zero-order valence-corrected chi connectivity index (χ0v) is 11.9. The molecule has 0 radical (unpaired) electrons.